The molecule has 0 spiro atoms. The third-order valence-corrected chi connectivity index (χ3v) is 13.8. The number of unbranched alkanes of at least 4 members (excludes halogenated alkanes) is 43. The number of hydrogen-bond donors (Lipinski definition) is 0. The Balaban J connectivity index is 4.30. The van der Waals surface area contributed by atoms with Gasteiger partial charge in [0, 0.05) is 19.3 Å². The van der Waals surface area contributed by atoms with Gasteiger partial charge in [0.15, 0.2) is 6.10 Å². The summed E-state index contributed by atoms with van der Waals surface area (Å²) in [5.74, 6) is -0.848. The van der Waals surface area contributed by atoms with Crippen LogP contribution >= 0.6 is 0 Å². The Morgan fingerprint density at radius 2 is 0.493 bits per heavy atom. The first-order chi connectivity index (χ1) is 33.0. The van der Waals surface area contributed by atoms with Crippen molar-refractivity contribution in [1.82, 2.24) is 0 Å². The van der Waals surface area contributed by atoms with Crippen molar-refractivity contribution in [3.8, 4) is 0 Å². The van der Waals surface area contributed by atoms with E-state index in [1.807, 2.05) is 0 Å². The third kappa shape index (κ3) is 55.0. The van der Waals surface area contributed by atoms with Crippen molar-refractivity contribution in [3.63, 3.8) is 0 Å². The number of esters is 3. The lowest BCUT2D eigenvalue weighted by molar-refractivity contribution is -0.167. The van der Waals surface area contributed by atoms with Gasteiger partial charge in [-0.2, -0.15) is 0 Å². The average Bonchev–Trinajstić information content (AvgIpc) is 3.33. The molecule has 0 N–H and O–H groups in total. The maximum atomic E-state index is 12.9. The van der Waals surface area contributed by atoms with E-state index in [1.54, 1.807) is 0 Å². The Labute approximate surface area is 418 Å². The van der Waals surface area contributed by atoms with Crippen LogP contribution in [0.5, 0.6) is 0 Å². The van der Waals surface area contributed by atoms with E-state index < -0.39 is 6.10 Å². The number of carbonyl (C=O) groups excluding carboxylic acids is 3. The minimum Gasteiger partial charge on any atom is -0.462 e. The third-order valence-electron chi connectivity index (χ3n) is 13.8. The van der Waals surface area contributed by atoms with Gasteiger partial charge in [0.1, 0.15) is 13.2 Å². The molecule has 0 fully saturated rings. The van der Waals surface area contributed by atoms with E-state index in [2.05, 4.69) is 32.9 Å². The molecule has 6 nitrogen and oxygen atoms in total. The molecule has 6 heteroatoms. The molecule has 1 atom stereocenters. The second-order valence-electron chi connectivity index (χ2n) is 20.6. The fourth-order valence-corrected chi connectivity index (χ4v) is 9.21. The van der Waals surface area contributed by atoms with Crippen LogP contribution in [0.25, 0.3) is 0 Å². The van der Waals surface area contributed by atoms with Gasteiger partial charge in [-0.15, -0.1) is 0 Å². The maximum Gasteiger partial charge on any atom is 0.306 e. The maximum absolute atomic E-state index is 12.9. The summed E-state index contributed by atoms with van der Waals surface area (Å²) in [6, 6.07) is 0. The summed E-state index contributed by atoms with van der Waals surface area (Å²) in [5, 5.41) is 0. The highest BCUT2D eigenvalue weighted by atomic mass is 16.6. The topological polar surface area (TPSA) is 78.9 Å². The van der Waals surface area contributed by atoms with E-state index >= 15 is 0 Å². The highest BCUT2D eigenvalue weighted by Crippen LogP contribution is 2.18. The van der Waals surface area contributed by atoms with Gasteiger partial charge in [-0.3, -0.25) is 14.4 Å². The lowest BCUT2D eigenvalue weighted by atomic mass is 10.0. The van der Waals surface area contributed by atoms with E-state index in [1.165, 1.54) is 238 Å². The molecular weight excluding hydrogens is 829 g/mol. The van der Waals surface area contributed by atoms with E-state index in [0.717, 1.165) is 64.2 Å². The molecule has 0 aromatic rings. The molecule has 67 heavy (non-hydrogen) atoms. The summed E-state index contributed by atoms with van der Waals surface area (Å²) in [4.78, 5) is 38.2. The van der Waals surface area contributed by atoms with E-state index in [9.17, 15) is 14.4 Å². The molecule has 0 rings (SSSR count). The number of carbonyl (C=O) groups is 3. The van der Waals surface area contributed by atoms with Crippen molar-refractivity contribution in [2.24, 2.45) is 0 Å². The van der Waals surface area contributed by atoms with Crippen molar-refractivity contribution < 1.29 is 28.6 Å². The Bertz CT molecular complexity index is 1040. The summed E-state index contributed by atoms with van der Waals surface area (Å²) in [6.45, 7) is 6.69. The van der Waals surface area contributed by atoms with Crippen LogP contribution < -0.4 is 0 Å². The minimum atomic E-state index is -0.768. The van der Waals surface area contributed by atoms with Crippen LogP contribution in [0.3, 0.4) is 0 Å². The van der Waals surface area contributed by atoms with Crippen molar-refractivity contribution in [2.75, 3.05) is 13.2 Å². The van der Waals surface area contributed by atoms with Crippen LogP contribution in [0, 0.1) is 0 Å². The highest BCUT2D eigenvalue weighted by Gasteiger charge is 2.19. The van der Waals surface area contributed by atoms with Gasteiger partial charge in [-0.1, -0.05) is 290 Å². The Kier molecular flexibility index (Phi) is 55.2. The van der Waals surface area contributed by atoms with Crippen molar-refractivity contribution in [3.05, 3.63) is 12.2 Å². The SMILES string of the molecule is CCCCCCC/C=C\CCCCCCCC(=O)OCC(COC(=O)CCCCCCCCCCCCCCCCCCCC)OC(=O)CCCCCCCCCCCCCCCCCCC. The van der Waals surface area contributed by atoms with Crippen molar-refractivity contribution in [1.29, 1.82) is 0 Å². The minimum absolute atomic E-state index is 0.0662. The van der Waals surface area contributed by atoms with Crippen LogP contribution in [0.2, 0.25) is 0 Å². The van der Waals surface area contributed by atoms with Crippen molar-refractivity contribution in [2.45, 2.75) is 348 Å². The van der Waals surface area contributed by atoms with Gasteiger partial charge in [-0.25, -0.2) is 0 Å². The molecule has 0 aromatic carbocycles. The molecule has 396 valence electrons. The van der Waals surface area contributed by atoms with Gasteiger partial charge in [-0.05, 0) is 44.9 Å². The van der Waals surface area contributed by atoms with Gasteiger partial charge in [0.05, 0.1) is 0 Å². The Hall–Kier alpha value is -1.85. The highest BCUT2D eigenvalue weighted by molar-refractivity contribution is 5.71. The van der Waals surface area contributed by atoms with Crippen LogP contribution in [0.15, 0.2) is 12.2 Å². The Morgan fingerprint density at radius 1 is 0.284 bits per heavy atom. The van der Waals surface area contributed by atoms with E-state index in [4.69, 9.17) is 14.2 Å². The van der Waals surface area contributed by atoms with Crippen LogP contribution in [-0.2, 0) is 28.6 Å². The quantitative estimate of drug-likeness (QED) is 0.0262. The summed E-state index contributed by atoms with van der Waals surface area (Å²) in [6.07, 6.45) is 64.9. The molecule has 1 unspecified atom stereocenters. The fraction of sp³-hybridized carbons (Fsp3) is 0.918. The number of rotatable bonds is 56. The summed E-state index contributed by atoms with van der Waals surface area (Å²) in [5.41, 5.74) is 0. The van der Waals surface area contributed by atoms with Gasteiger partial charge < -0.3 is 14.2 Å². The smallest absolute Gasteiger partial charge is 0.306 e. The molecule has 0 saturated heterocycles. The standard InChI is InChI=1S/C61H116O6/c1-4-7-10-13-16-19-22-25-28-30-32-33-36-39-42-45-48-51-54-60(63)66-57-58(56-65-59(62)53-50-47-44-41-38-35-27-24-21-18-15-12-9-6-3)67-61(64)55-52-49-46-43-40-37-34-31-29-26-23-20-17-14-11-8-5-2/h24,27,58H,4-23,25-26,28-57H2,1-3H3/b27-24-. The molecule has 0 amide bonds. The predicted octanol–water partition coefficient (Wildman–Crippen LogP) is 20.1. The zero-order valence-corrected chi connectivity index (χ0v) is 45.5. The van der Waals surface area contributed by atoms with Crippen LogP contribution in [0.4, 0.5) is 0 Å². The molecule has 0 aliphatic rings. The molecule has 0 bridgehead atoms. The zero-order chi connectivity index (χ0) is 48.6. The molecule has 0 saturated carbocycles. The lowest BCUT2D eigenvalue weighted by Crippen LogP contribution is -2.30. The first-order valence-corrected chi connectivity index (χ1v) is 30.2. The first-order valence-electron chi connectivity index (χ1n) is 30.2. The van der Waals surface area contributed by atoms with Gasteiger partial charge in [0.2, 0.25) is 0 Å². The average molecular weight is 946 g/mol. The molecular formula is C61H116O6. The Morgan fingerprint density at radius 3 is 0.746 bits per heavy atom. The largest absolute Gasteiger partial charge is 0.462 e. The van der Waals surface area contributed by atoms with Gasteiger partial charge in [0.25, 0.3) is 0 Å². The number of hydrogen-bond acceptors (Lipinski definition) is 6. The zero-order valence-electron chi connectivity index (χ0n) is 45.5. The molecule has 0 aliphatic carbocycles. The van der Waals surface area contributed by atoms with Gasteiger partial charge >= 0.3 is 17.9 Å². The normalized spacial score (nSPS) is 12.0. The van der Waals surface area contributed by atoms with E-state index in [0.29, 0.717) is 19.3 Å². The van der Waals surface area contributed by atoms with Crippen LogP contribution in [-0.4, -0.2) is 37.2 Å². The summed E-state index contributed by atoms with van der Waals surface area (Å²) in [7, 11) is 0. The van der Waals surface area contributed by atoms with E-state index in [-0.39, 0.29) is 31.1 Å². The fourth-order valence-electron chi connectivity index (χ4n) is 9.21. The number of allylic oxidation sites excluding steroid dienone is 2. The summed E-state index contributed by atoms with van der Waals surface area (Å²) < 4.78 is 16.9. The molecule has 0 aliphatic heterocycles. The lowest BCUT2D eigenvalue weighted by Gasteiger charge is -2.18. The molecule has 0 radical (unpaired) electrons. The second kappa shape index (κ2) is 56.7. The molecule has 0 heterocycles. The first kappa shape index (κ1) is 65.1. The predicted molar refractivity (Wildman–Crippen MR) is 289 cm³/mol. The van der Waals surface area contributed by atoms with Crippen LogP contribution in [0.1, 0.15) is 342 Å². The molecule has 0 aromatic heterocycles. The monoisotopic (exact) mass is 945 g/mol. The summed E-state index contributed by atoms with van der Waals surface area (Å²) >= 11 is 0. The van der Waals surface area contributed by atoms with Crippen molar-refractivity contribution >= 4 is 17.9 Å². The number of ether oxygens (including phenoxy) is 3. The second-order valence-corrected chi connectivity index (χ2v) is 20.6.